The van der Waals surface area contributed by atoms with Crippen molar-refractivity contribution in [1.82, 2.24) is 10.2 Å². The molecule has 0 aromatic carbocycles. The van der Waals surface area contributed by atoms with Crippen molar-refractivity contribution >= 4 is 29.7 Å². The van der Waals surface area contributed by atoms with Crippen LogP contribution in [0, 0.1) is 6.92 Å². The standard InChI is InChI=1S/C12H18N2OS.ClH/c1-9-8-13-5-6-14(9)12(15)7-11-4-3-10(2)16-11;/h3-4,9,13H,5-8H2,1-2H3;1H/t9-;/m0./s1. The highest BCUT2D eigenvalue weighted by atomic mass is 35.5. The van der Waals surface area contributed by atoms with Gasteiger partial charge in [-0.2, -0.15) is 0 Å². The summed E-state index contributed by atoms with van der Waals surface area (Å²) in [5.41, 5.74) is 0. The molecule has 1 aromatic rings. The maximum Gasteiger partial charge on any atom is 0.228 e. The molecule has 1 fully saturated rings. The quantitative estimate of drug-likeness (QED) is 0.893. The summed E-state index contributed by atoms with van der Waals surface area (Å²) >= 11 is 1.72. The fraction of sp³-hybridized carbons (Fsp3) is 0.583. The van der Waals surface area contributed by atoms with Crippen molar-refractivity contribution in [3.05, 3.63) is 21.9 Å². The first-order chi connectivity index (χ1) is 7.66. The van der Waals surface area contributed by atoms with Crippen LogP contribution in [0.15, 0.2) is 12.1 Å². The molecule has 1 aliphatic heterocycles. The number of carbonyl (C=O) groups excluding carboxylic acids is 1. The molecule has 0 unspecified atom stereocenters. The van der Waals surface area contributed by atoms with Crippen LogP contribution in [0.5, 0.6) is 0 Å². The Labute approximate surface area is 113 Å². The molecule has 1 amide bonds. The average Bonchev–Trinajstić information content (AvgIpc) is 2.64. The Morgan fingerprint density at radius 3 is 2.94 bits per heavy atom. The van der Waals surface area contributed by atoms with Crippen molar-refractivity contribution in [1.29, 1.82) is 0 Å². The van der Waals surface area contributed by atoms with Crippen molar-refractivity contribution in [2.75, 3.05) is 19.6 Å². The molecule has 1 aromatic heterocycles. The van der Waals surface area contributed by atoms with Gasteiger partial charge < -0.3 is 10.2 Å². The second kappa shape index (κ2) is 6.38. The number of aryl methyl sites for hydroxylation is 1. The Balaban J connectivity index is 0.00000144. The van der Waals surface area contributed by atoms with Gasteiger partial charge in [-0.15, -0.1) is 23.7 Å². The monoisotopic (exact) mass is 274 g/mol. The fourth-order valence-electron chi connectivity index (χ4n) is 2.04. The Morgan fingerprint density at radius 1 is 1.59 bits per heavy atom. The summed E-state index contributed by atoms with van der Waals surface area (Å²) in [6.45, 7) is 6.84. The average molecular weight is 275 g/mol. The number of rotatable bonds is 2. The van der Waals surface area contributed by atoms with Crippen LogP contribution < -0.4 is 5.32 Å². The van der Waals surface area contributed by atoms with E-state index < -0.39 is 0 Å². The molecule has 2 rings (SSSR count). The number of nitrogens with one attached hydrogen (secondary N) is 1. The van der Waals surface area contributed by atoms with Gasteiger partial charge in [-0.3, -0.25) is 4.79 Å². The number of hydrogen-bond donors (Lipinski definition) is 1. The molecule has 1 aliphatic rings. The van der Waals surface area contributed by atoms with E-state index in [0.717, 1.165) is 19.6 Å². The summed E-state index contributed by atoms with van der Waals surface area (Å²) < 4.78 is 0. The maximum absolute atomic E-state index is 12.1. The number of halogens is 1. The molecule has 1 atom stereocenters. The Hall–Kier alpha value is -0.580. The molecule has 0 aliphatic carbocycles. The SMILES string of the molecule is Cc1ccc(CC(=O)N2CCNC[C@@H]2C)s1.Cl. The van der Waals surface area contributed by atoms with E-state index in [-0.39, 0.29) is 18.3 Å². The third-order valence-corrected chi connectivity index (χ3v) is 3.94. The van der Waals surface area contributed by atoms with E-state index in [1.54, 1.807) is 11.3 Å². The molecular weight excluding hydrogens is 256 g/mol. The van der Waals surface area contributed by atoms with Crippen LogP contribution in [-0.2, 0) is 11.2 Å². The van der Waals surface area contributed by atoms with Crippen molar-refractivity contribution in [2.24, 2.45) is 0 Å². The normalized spacial score (nSPS) is 19.9. The van der Waals surface area contributed by atoms with Crippen molar-refractivity contribution < 1.29 is 4.79 Å². The summed E-state index contributed by atoms with van der Waals surface area (Å²) in [5.74, 6) is 0.260. The van der Waals surface area contributed by atoms with Gasteiger partial charge in [0, 0.05) is 35.4 Å². The van der Waals surface area contributed by atoms with E-state index >= 15 is 0 Å². The highest BCUT2D eigenvalue weighted by Gasteiger charge is 2.22. The Morgan fingerprint density at radius 2 is 2.35 bits per heavy atom. The minimum atomic E-state index is 0. The zero-order chi connectivity index (χ0) is 11.5. The van der Waals surface area contributed by atoms with Crippen LogP contribution in [0.25, 0.3) is 0 Å². The van der Waals surface area contributed by atoms with Gasteiger partial charge in [0.25, 0.3) is 0 Å². The first kappa shape index (κ1) is 14.5. The number of carbonyl (C=O) groups is 1. The fourth-order valence-corrected chi connectivity index (χ4v) is 2.92. The van der Waals surface area contributed by atoms with E-state index in [0.29, 0.717) is 12.5 Å². The number of thiophene rings is 1. The van der Waals surface area contributed by atoms with E-state index in [9.17, 15) is 4.79 Å². The number of hydrogen-bond acceptors (Lipinski definition) is 3. The first-order valence-corrected chi connectivity index (χ1v) is 6.54. The largest absolute Gasteiger partial charge is 0.337 e. The van der Waals surface area contributed by atoms with Crippen LogP contribution in [0.3, 0.4) is 0 Å². The summed E-state index contributed by atoms with van der Waals surface area (Å²) in [7, 11) is 0. The van der Waals surface area contributed by atoms with E-state index in [1.165, 1.54) is 9.75 Å². The first-order valence-electron chi connectivity index (χ1n) is 5.72. The molecule has 5 heteroatoms. The molecule has 0 bridgehead atoms. The van der Waals surface area contributed by atoms with E-state index in [2.05, 4.69) is 31.3 Å². The number of piperazine rings is 1. The smallest absolute Gasteiger partial charge is 0.228 e. The lowest BCUT2D eigenvalue weighted by molar-refractivity contribution is -0.133. The molecule has 1 saturated heterocycles. The lowest BCUT2D eigenvalue weighted by Gasteiger charge is -2.34. The maximum atomic E-state index is 12.1. The van der Waals surface area contributed by atoms with Gasteiger partial charge in [-0.1, -0.05) is 0 Å². The number of nitrogens with zero attached hydrogens (tertiary/aromatic N) is 1. The zero-order valence-corrected chi connectivity index (χ0v) is 11.9. The van der Waals surface area contributed by atoms with Gasteiger partial charge in [0.05, 0.1) is 6.42 Å². The second-order valence-electron chi connectivity index (χ2n) is 4.33. The molecular formula is C12H19ClN2OS. The highest BCUT2D eigenvalue weighted by Crippen LogP contribution is 2.17. The molecule has 0 radical (unpaired) electrons. The van der Waals surface area contributed by atoms with Crippen LogP contribution in [-0.4, -0.2) is 36.5 Å². The van der Waals surface area contributed by atoms with E-state index in [1.807, 2.05) is 4.90 Å². The van der Waals surface area contributed by atoms with Gasteiger partial charge in [0.15, 0.2) is 0 Å². The molecule has 17 heavy (non-hydrogen) atoms. The molecule has 2 heterocycles. The number of amides is 1. The molecule has 1 N–H and O–H groups in total. The molecule has 0 saturated carbocycles. The van der Waals surface area contributed by atoms with Crippen LogP contribution in [0.4, 0.5) is 0 Å². The summed E-state index contributed by atoms with van der Waals surface area (Å²) in [5, 5.41) is 3.30. The molecule has 3 nitrogen and oxygen atoms in total. The Kier molecular flexibility index (Phi) is 5.43. The van der Waals surface area contributed by atoms with Crippen LogP contribution >= 0.6 is 23.7 Å². The van der Waals surface area contributed by atoms with Gasteiger partial charge in [-0.05, 0) is 26.0 Å². The van der Waals surface area contributed by atoms with Gasteiger partial charge in [0.1, 0.15) is 0 Å². The summed E-state index contributed by atoms with van der Waals surface area (Å²) in [6, 6.07) is 4.46. The van der Waals surface area contributed by atoms with E-state index in [4.69, 9.17) is 0 Å². The van der Waals surface area contributed by atoms with Gasteiger partial charge in [0.2, 0.25) is 5.91 Å². The van der Waals surface area contributed by atoms with Crippen molar-refractivity contribution in [3.63, 3.8) is 0 Å². The molecule has 0 spiro atoms. The van der Waals surface area contributed by atoms with Crippen molar-refractivity contribution in [2.45, 2.75) is 26.3 Å². The highest BCUT2D eigenvalue weighted by molar-refractivity contribution is 7.12. The van der Waals surface area contributed by atoms with Crippen LogP contribution in [0.1, 0.15) is 16.7 Å². The lowest BCUT2D eigenvalue weighted by atomic mass is 10.2. The Bertz CT molecular complexity index is 380. The van der Waals surface area contributed by atoms with Crippen molar-refractivity contribution in [3.8, 4) is 0 Å². The second-order valence-corrected chi connectivity index (χ2v) is 5.70. The third kappa shape index (κ3) is 3.69. The predicted octanol–water partition coefficient (Wildman–Crippen LogP) is 1.84. The topological polar surface area (TPSA) is 32.3 Å². The zero-order valence-electron chi connectivity index (χ0n) is 10.2. The van der Waals surface area contributed by atoms with Gasteiger partial charge >= 0.3 is 0 Å². The summed E-state index contributed by atoms with van der Waals surface area (Å²) in [6.07, 6.45) is 0.558. The third-order valence-electron chi connectivity index (χ3n) is 2.94. The lowest BCUT2D eigenvalue weighted by Crippen LogP contribution is -2.52. The minimum Gasteiger partial charge on any atom is -0.337 e. The molecule has 96 valence electrons. The minimum absolute atomic E-state index is 0. The summed E-state index contributed by atoms with van der Waals surface area (Å²) in [4.78, 5) is 16.5. The van der Waals surface area contributed by atoms with Gasteiger partial charge in [-0.25, -0.2) is 0 Å². The van der Waals surface area contributed by atoms with Crippen LogP contribution in [0.2, 0.25) is 0 Å². The predicted molar refractivity (Wildman–Crippen MR) is 74.1 cm³/mol.